The molecule has 0 aromatic carbocycles. The normalized spacial score (nSPS) is 11.8. The van der Waals surface area contributed by atoms with Gasteiger partial charge in [0.25, 0.3) is 0 Å². The number of nitrogens with zero attached hydrogens (tertiary/aromatic N) is 2. The predicted molar refractivity (Wildman–Crippen MR) is 169 cm³/mol. The number of Topliss-reactive ketones (excluding diaryl/α,β-unsaturated/α-hetero) is 1. The van der Waals surface area contributed by atoms with E-state index >= 15 is 0 Å². The molecule has 0 aliphatic carbocycles. The van der Waals surface area contributed by atoms with E-state index in [0.29, 0.717) is 71.6 Å². The third kappa shape index (κ3) is 21.7. The highest BCUT2D eigenvalue weighted by molar-refractivity contribution is 6.84. The van der Waals surface area contributed by atoms with Crippen LogP contribution in [0.15, 0.2) is 0 Å². The van der Waals surface area contributed by atoms with Gasteiger partial charge in [0.05, 0.1) is 6.61 Å². The summed E-state index contributed by atoms with van der Waals surface area (Å²) in [7, 11) is -0.313. The van der Waals surface area contributed by atoms with Crippen molar-refractivity contribution in [3.8, 4) is 0 Å². The maximum absolute atomic E-state index is 13.1. The SMILES string of the molecule is CNCCN(CCN(CCCC(C)=O)C(=O)CCCC[Si](C)(C)O[Si](C)(C)CCCCC(=O)OCCOC)C(C)=O. The summed E-state index contributed by atoms with van der Waals surface area (Å²) in [6.45, 7) is 15.7. The second-order valence-corrected chi connectivity index (χ2v) is 20.9. The molecule has 0 heterocycles. The third-order valence-electron chi connectivity index (χ3n) is 6.96. The number of amides is 2. The quantitative estimate of drug-likeness (QED) is 0.0921. The fourth-order valence-electron chi connectivity index (χ4n) is 4.76. The monoisotopic (exact) mass is 617 g/mol. The summed E-state index contributed by atoms with van der Waals surface area (Å²) >= 11 is 0. The Labute approximate surface area is 251 Å². The van der Waals surface area contributed by atoms with E-state index in [9.17, 15) is 19.2 Å². The second kappa shape index (κ2) is 22.0. The maximum Gasteiger partial charge on any atom is 0.305 e. The van der Waals surface area contributed by atoms with E-state index in [4.69, 9.17) is 13.6 Å². The average Bonchev–Trinajstić information content (AvgIpc) is 2.87. The number of nitrogens with one attached hydrogen (secondary N) is 1. The molecular weight excluding hydrogens is 559 g/mol. The van der Waals surface area contributed by atoms with Crippen molar-refractivity contribution >= 4 is 40.2 Å². The number of ketones is 1. The molecule has 10 nitrogen and oxygen atoms in total. The molecule has 0 spiro atoms. The van der Waals surface area contributed by atoms with Crippen molar-refractivity contribution in [1.82, 2.24) is 15.1 Å². The minimum Gasteiger partial charge on any atom is -0.463 e. The number of carbonyl (C=O) groups excluding carboxylic acids is 4. The van der Waals surface area contributed by atoms with Crippen molar-refractivity contribution in [2.75, 3.05) is 60.1 Å². The Bertz CT molecular complexity index is 782. The fraction of sp³-hybridized carbons (Fsp3) is 0.862. The summed E-state index contributed by atoms with van der Waals surface area (Å²) in [6.07, 6.45) is 5.47. The van der Waals surface area contributed by atoms with Crippen molar-refractivity contribution < 1.29 is 32.8 Å². The Kier molecular flexibility index (Phi) is 21.1. The second-order valence-electron chi connectivity index (χ2n) is 12.0. The van der Waals surface area contributed by atoms with Gasteiger partial charge in [0, 0.05) is 66.0 Å². The first-order valence-electron chi connectivity index (χ1n) is 15.2. The molecule has 0 saturated heterocycles. The van der Waals surface area contributed by atoms with Gasteiger partial charge in [-0.05, 0) is 71.5 Å². The molecule has 240 valence electrons. The highest BCUT2D eigenvalue weighted by Gasteiger charge is 2.32. The Morgan fingerprint density at radius 2 is 1.29 bits per heavy atom. The minimum absolute atomic E-state index is 0.00417. The van der Waals surface area contributed by atoms with Crippen LogP contribution in [0.2, 0.25) is 38.3 Å². The number of methoxy groups -OCH3 is 1. The molecule has 12 heteroatoms. The van der Waals surface area contributed by atoms with Gasteiger partial charge >= 0.3 is 5.97 Å². The molecular formula is C29H59N3O7Si2. The molecule has 0 atom stereocenters. The van der Waals surface area contributed by atoms with Crippen molar-refractivity contribution in [1.29, 1.82) is 0 Å². The van der Waals surface area contributed by atoms with Crippen molar-refractivity contribution in [2.45, 2.75) is 103 Å². The summed E-state index contributed by atoms with van der Waals surface area (Å²) in [5.74, 6) is 0.0296. The Morgan fingerprint density at radius 3 is 1.83 bits per heavy atom. The van der Waals surface area contributed by atoms with Crippen molar-refractivity contribution in [3.63, 3.8) is 0 Å². The van der Waals surface area contributed by atoms with Gasteiger partial charge in [-0.1, -0.05) is 12.8 Å². The molecule has 0 bridgehead atoms. The summed E-state index contributed by atoms with van der Waals surface area (Å²) in [4.78, 5) is 51.9. The molecule has 41 heavy (non-hydrogen) atoms. The van der Waals surface area contributed by atoms with Crippen LogP contribution in [0.1, 0.15) is 65.2 Å². The first kappa shape index (κ1) is 39.4. The lowest BCUT2D eigenvalue weighted by atomic mass is 10.2. The van der Waals surface area contributed by atoms with E-state index in [1.807, 2.05) is 11.9 Å². The molecule has 0 aliphatic rings. The zero-order valence-electron chi connectivity index (χ0n) is 27.3. The number of hydrogen-bond donors (Lipinski definition) is 1. The number of ether oxygens (including phenoxy) is 2. The van der Waals surface area contributed by atoms with Gasteiger partial charge in [-0.3, -0.25) is 14.4 Å². The lowest BCUT2D eigenvalue weighted by Gasteiger charge is -2.34. The lowest BCUT2D eigenvalue weighted by molar-refractivity contribution is -0.145. The Balaban J connectivity index is 4.64. The van der Waals surface area contributed by atoms with Gasteiger partial charge in [-0.15, -0.1) is 0 Å². The number of hydrogen-bond acceptors (Lipinski definition) is 8. The average molecular weight is 618 g/mol. The lowest BCUT2D eigenvalue weighted by Crippen LogP contribution is -2.44. The van der Waals surface area contributed by atoms with Crippen LogP contribution in [0, 0.1) is 0 Å². The molecule has 1 N–H and O–H groups in total. The van der Waals surface area contributed by atoms with Gasteiger partial charge in [0.1, 0.15) is 12.4 Å². The van der Waals surface area contributed by atoms with Crippen LogP contribution in [0.4, 0.5) is 0 Å². The standard InChI is InChI=1S/C29H59N3O7Si2/c1-26(33)14-13-18-32(21-20-31(27(2)34)19-17-30-3)28(35)15-9-11-24-40(5,6)39-41(7,8)25-12-10-16-29(36)38-23-22-37-4/h30H,9-25H2,1-8H3. The first-order chi connectivity index (χ1) is 19.2. The number of esters is 1. The van der Waals surface area contributed by atoms with Crippen LogP contribution in [-0.2, 0) is 32.8 Å². The Hall–Kier alpha value is -1.61. The number of rotatable bonds is 25. The zero-order chi connectivity index (χ0) is 31.3. The molecule has 0 radical (unpaired) electrons. The fourth-order valence-corrected chi connectivity index (χ4v) is 13.8. The summed E-state index contributed by atoms with van der Waals surface area (Å²) in [5, 5.41) is 3.06. The topological polar surface area (TPSA) is 114 Å². The molecule has 0 aliphatic heterocycles. The first-order valence-corrected chi connectivity index (χ1v) is 21.5. The van der Waals surface area contributed by atoms with Crippen LogP contribution in [-0.4, -0.2) is 110 Å². The highest BCUT2D eigenvalue weighted by Crippen LogP contribution is 2.25. The van der Waals surface area contributed by atoms with Crippen LogP contribution in [0.5, 0.6) is 0 Å². The van der Waals surface area contributed by atoms with Gasteiger partial charge in [-0.2, -0.15) is 0 Å². The molecule has 0 aromatic heterocycles. The van der Waals surface area contributed by atoms with E-state index < -0.39 is 16.6 Å². The largest absolute Gasteiger partial charge is 0.463 e. The van der Waals surface area contributed by atoms with Crippen LogP contribution in [0.25, 0.3) is 0 Å². The smallest absolute Gasteiger partial charge is 0.305 e. The zero-order valence-corrected chi connectivity index (χ0v) is 29.3. The molecule has 2 amide bonds. The number of unbranched alkanes of at least 4 members (excludes halogenated alkanes) is 2. The van der Waals surface area contributed by atoms with Crippen molar-refractivity contribution in [3.05, 3.63) is 0 Å². The maximum atomic E-state index is 13.1. The van der Waals surface area contributed by atoms with Gasteiger partial charge < -0.3 is 33.5 Å². The van der Waals surface area contributed by atoms with E-state index in [0.717, 1.165) is 37.8 Å². The van der Waals surface area contributed by atoms with Gasteiger partial charge in [0.15, 0.2) is 16.6 Å². The summed E-state index contributed by atoms with van der Waals surface area (Å²) in [6, 6.07) is 2.00. The van der Waals surface area contributed by atoms with Crippen LogP contribution in [0.3, 0.4) is 0 Å². The predicted octanol–water partition coefficient (Wildman–Crippen LogP) is 4.21. The Morgan fingerprint density at radius 1 is 0.707 bits per heavy atom. The molecule has 0 aromatic rings. The highest BCUT2D eigenvalue weighted by atomic mass is 28.4. The molecule has 0 rings (SSSR count). The number of carbonyl (C=O) groups is 4. The van der Waals surface area contributed by atoms with E-state index in [1.54, 1.807) is 25.9 Å². The van der Waals surface area contributed by atoms with Gasteiger partial charge in [-0.25, -0.2) is 0 Å². The minimum atomic E-state index is -1.89. The number of likely N-dealkylation sites (N-methyl/N-ethyl adjacent to an activating group) is 1. The summed E-state index contributed by atoms with van der Waals surface area (Å²) in [5.41, 5.74) is 0. The summed E-state index contributed by atoms with van der Waals surface area (Å²) < 4.78 is 16.8. The van der Waals surface area contributed by atoms with E-state index in [2.05, 4.69) is 31.5 Å². The van der Waals surface area contributed by atoms with Crippen LogP contribution < -0.4 is 5.32 Å². The molecule has 0 unspecified atom stereocenters. The van der Waals surface area contributed by atoms with Crippen LogP contribution >= 0.6 is 0 Å². The van der Waals surface area contributed by atoms with E-state index in [1.165, 1.54) is 0 Å². The molecule has 0 saturated carbocycles. The molecule has 0 fully saturated rings. The third-order valence-corrected chi connectivity index (χ3v) is 14.5. The van der Waals surface area contributed by atoms with Gasteiger partial charge in [0.2, 0.25) is 11.8 Å². The van der Waals surface area contributed by atoms with E-state index in [-0.39, 0.29) is 23.6 Å². The van der Waals surface area contributed by atoms with Crippen molar-refractivity contribution in [2.24, 2.45) is 0 Å².